The minimum atomic E-state index is 0.187. The number of rotatable bonds is 4. The van der Waals surface area contributed by atoms with Crippen LogP contribution in [0.2, 0.25) is 0 Å². The molecule has 0 aliphatic carbocycles. The van der Waals surface area contributed by atoms with Gasteiger partial charge in [-0.25, -0.2) is 0 Å². The van der Waals surface area contributed by atoms with E-state index in [0.29, 0.717) is 0 Å². The molecule has 2 aromatic heterocycles. The molecule has 2 heterocycles. The fourth-order valence-electron chi connectivity index (χ4n) is 1.44. The number of halogens is 1. The quantitative estimate of drug-likeness (QED) is 0.828. The van der Waals surface area contributed by atoms with Crippen LogP contribution in [0.4, 0.5) is 0 Å². The second-order valence-electron chi connectivity index (χ2n) is 3.41. The highest BCUT2D eigenvalue weighted by molar-refractivity contribution is 14.1. The number of nitrogens with two attached hydrogens (primary N) is 1. The molecule has 1 unspecified atom stereocenters. The molecule has 1 nitrogen and oxygen atoms in total. The standard InChI is InChI=1S/C11H12INS2/c12-11-6-8(7-15-11)10(13)4-3-9-2-1-5-14-9/h1-2,5-7,10H,3-4,13H2. The lowest BCUT2D eigenvalue weighted by Gasteiger charge is -2.08. The summed E-state index contributed by atoms with van der Waals surface area (Å²) in [5.41, 5.74) is 7.41. The highest BCUT2D eigenvalue weighted by atomic mass is 127. The normalized spacial score (nSPS) is 12.9. The van der Waals surface area contributed by atoms with E-state index in [2.05, 4.69) is 51.6 Å². The van der Waals surface area contributed by atoms with Crippen LogP contribution in [-0.2, 0) is 6.42 Å². The molecule has 0 aliphatic heterocycles. The summed E-state index contributed by atoms with van der Waals surface area (Å²) in [6, 6.07) is 6.64. The zero-order valence-corrected chi connectivity index (χ0v) is 11.9. The summed E-state index contributed by atoms with van der Waals surface area (Å²) in [5, 5.41) is 4.29. The Bertz CT molecular complexity index is 408. The Morgan fingerprint density at radius 3 is 2.87 bits per heavy atom. The molecular weight excluding hydrogens is 337 g/mol. The molecule has 4 heteroatoms. The lowest BCUT2D eigenvalue weighted by Crippen LogP contribution is -2.09. The third kappa shape index (κ3) is 3.27. The lowest BCUT2D eigenvalue weighted by molar-refractivity contribution is 0.657. The topological polar surface area (TPSA) is 26.0 Å². The largest absolute Gasteiger partial charge is 0.324 e. The predicted octanol–water partition coefficient (Wildman–Crippen LogP) is 4.05. The van der Waals surface area contributed by atoms with E-state index in [-0.39, 0.29) is 6.04 Å². The summed E-state index contributed by atoms with van der Waals surface area (Å²) < 4.78 is 1.31. The monoisotopic (exact) mass is 349 g/mol. The van der Waals surface area contributed by atoms with Crippen molar-refractivity contribution in [1.29, 1.82) is 0 Å². The third-order valence-corrected chi connectivity index (χ3v) is 5.04. The maximum absolute atomic E-state index is 6.13. The van der Waals surface area contributed by atoms with Gasteiger partial charge in [0.15, 0.2) is 0 Å². The molecule has 0 aliphatic rings. The Hall–Kier alpha value is 0.0900. The average Bonchev–Trinajstić information content (AvgIpc) is 2.84. The first-order chi connectivity index (χ1) is 7.25. The van der Waals surface area contributed by atoms with Gasteiger partial charge in [-0.05, 0) is 63.9 Å². The van der Waals surface area contributed by atoms with Crippen LogP contribution in [0.15, 0.2) is 29.0 Å². The second-order valence-corrected chi connectivity index (χ2v) is 7.25. The van der Waals surface area contributed by atoms with Gasteiger partial charge in [0.1, 0.15) is 0 Å². The molecule has 15 heavy (non-hydrogen) atoms. The maximum Gasteiger partial charge on any atom is 0.0656 e. The van der Waals surface area contributed by atoms with Gasteiger partial charge >= 0.3 is 0 Å². The van der Waals surface area contributed by atoms with Gasteiger partial charge in [0, 0.05) is 10.9 Å². The van der Waals surface area contributed by atoms with Crippen molar-refractivity contribution in [2.45, 2.75) is 18.9 Å². The van der Waals surface area contributed by atoms with Crippen LogP contribution in [0.1, 0.15) is 22.9 Å². The van der Waals surface area contributed by atoms with Crippen LogP contribution >= 0.6 is 45.3 Å². The Labute approximate surface area is 111 Å². The average molecular weight is 349 g/mol. The summed E-state index contributed by atoms with van der Waals surface area (Å²) in [5.74, 6) is 0. The molecule has 0 saturated heterocycles. The first-order valence-corrected chi connectivity index (χ1v) is 7.61. The van der Waals surface area contributed by atoms with Gasteiger partial charge in [0.2, 0.25) is 0 Å². The van der Waals surface area contributed by atoms with Crippen LogP contribution in [0.3, 0.4) is 0 Å². The molecule has 0 amide bonds. The maximum atomic E-state index is 6.13. The van der Waals surface area contributed by atoms with Crippen molar-refractivity contribution in [3.05, 3.63) is 42.3 Å². The zero-order chi connectivity index (χ0) is 10.7. The molecule has 1 atom stereocenters. The number of hydrogen-bond donors (Lipinski definition) is 1. The van der Waals surface area contributed by atoms with Crippen LogP contribution in [-0.4, -0.2) is 0 Å². The summed E-state index contributed by atoms with van der Waals surface area (Å²) in [4.78, 5) is 1.43. The molecule has 0 radical (unpaired) electrons. The molecule has 80 valence electrons. The minimum Gasteiger partial charge on any atom is -0.324 e. The van der Waals surface area contributed by atoms with E-state index in [1.165, 1.54) is 13.3 Å². The zero-order valence-electron chi connectivity index (χ0n) is 8.15. The number of thiophene rings is 2. The van der Waals surface area contributed by atoms with Crippen molar-refractivity contribution in [2.24, 2.45) is 5.73 Å². The van der Waals surface area contributed by atoms with Gasteiger partial charge in [-0.2, -0.15) is 0 Å². The molecule has 0 bridgehead atoms. The summed E-state index contributed by atoms with van der Waals surface area (Å²) in [7, 11) is 0. The fourth-order valence-corrected chi connectivity index (χ4v) is 3.60. The first-order valence-electron chi connectivity index (χ1n) is 4.77. The predicted molar refractivity (Wildman–Crippen MR) is 76.6 cm³/mol. The Morgan fingerprint density at radius 2 is 2.27 bits per heavy atom. The number of aryl methyl sites for hydroxylation is 1. The van der Waals surface area contributed by atoms with Gasteiger partial charge in [-0.3, -0.25) is 0 Å². The second kappa shape index (κ2) is 5.43. The van der Waals surface area contributed by atoms with Gasteiger partial charge < -0.3 is 5.73 Å². The number of hydrogen-bond acceptors (Lipinski definition) is 3. The van der Waals surface area contributed by atoms with Crippen LogP contribution in [0.25, 0.3) is 0 Å². The van der Waals surface area contributed by atoms with E-state index in [4.69, 9.17) is 5.73 Å². The minimum absolute atomic E-state index is 0.187. The van der Waals surface area contributed by atoms with Crippen molar-refractivity contribution >= 4 is 45.3 Å². The molecular formula is C11H12INS2. The first kappa shape index (κ1) is 11.6. The Kier molecular flexibility index (Phi) is 4.19. The van der Waals surface area contributed by atoms with Crippen molar-refractivity contribution < 1.29 is 0 Å². The molecule has 2 aromatic rings. The van der Waals surface area contributed by atoms with Gasteiger partial charge in [0.05, 0.1) is 2.88 Å². The van der Waals surface area contributed by atoms with E-state index < -0.39 is 0 Å². The molecule has 0 fully saturated rings. The molecule has 0 aromatic carbocycles. The van der Waals surface area contributed by atoms with E-state index in [0.717, 1.165) is 12.8 Å². The molecule has 2 N–H and O–H groups in total. The Morgan fingerprint density at radius 1 is 1.40 bits per heavy atom. The molecule has 2 rings (SSSR count). The van der Waals surface area contributed by atoms with Gasteiger partial charge in [-0.1, -0.05) is 6.07 Å². The molecule has 0 saturated carbocycles. The van der Waals surface area contributed by atoms with Gasteiger partial charge in [0.25, 0.3) is 0 Å². The van der Waals surface area contributed by atoms with Gasteiger partial charge in [-0.15, -0.1) is 22.7 Å². The van der Waals surface area contributed by atoms with E-state index in [9.17, 15) is 0 Å². The van der Waals surface area contributed by atoms with E-state index in [1.807, 2.05) is 11.3 Å². The van der Waals surface area contributed by atoms with Crippen molar-refractivity contribution in [3.8, 4) is 0 Å². The smallest absolute Gasteiger partial charge is 0.0656 e. The summed E-state index contributed by atoms with van der Waals surface area (Å²) >= 11 is 5.91. The third-order valence-electron chi connectivity index (χ3n) is 2.30. The highest BCUT2D eigenvalue weighted by Gasteiger charge is 2.08. The van der Waals surface area contributed by atoms with Crippen molar-refractivity contribution in [1.82, 2.24) is 0 Å². The van der Waals surface area contributed by atoms with Crippen molar-refractivity contribution in [2.75, 3.05) is 0 Å². The molecule has 0 spiro atoms. The van der Waals surface area contributed by atoms with Crippen LogP contribution in [0, 0.1) is 2.88 Å². The summed E-state index contributed by atoms with van der Waals surface area (Å²) in [6.45, 7) is 0. The SMILES string of the molecule is NC(CCc1cccs1)c1csc(I)c1. The summed E-state index contributed by atoms with van der Waals surface area (Å²) in [6.07, 6.45) is 2.12. The Balaban J connectivity index is 1.90. The highest BCUT2D eigenvalue weighted by Crippen LogP contribution is 2.24. The lowest BCUT2D eigenvalue weighted by atomic mass is 10.1. The fraction of sp³-hybridized carbons (Fsp3) is 0.273. The van der Waals surface area contributed by atoms with Crippen molar-refractivity contribution in [3.63, 3.8) is 0 Å². The van der Waals surface area contributed by atoms with E-state index >= 15 is 0 Å². The van der Waals surface area contributed by atoms with Crippen LogP contribution < -0.4 is 5.73 Å². The van der Waals surface area contributed by atoms with E-state index in [1.54, 1.807) is 11.3 Å². The van der Waals surface area contributed by atoms with Crippen LogP contribution in [0.5, 0.6) is 0 Å².